The van der Waals surface area contributed by atoms with Crippen LogP contribution in [0, 0.1) is 0 Å². The summed E-state index contributed by atoms with van der Waals surface area (Å²) in [4.78, 5) is 34.9. The van der Waals surface area contributed by atoms with E-state index in [1.165, 1.54) is 24.3 Å². The second-order valence-electron chi connectivity index (χ2n) is 5.29. The molecule has 3 rings (SSSR count). The molecule has 0 spiro atoms. The summed E-state index contributed by atoms with van der Waals surface area (Å²) in [7, 11) is 0. The number of benzene rings is 2. The number of nitrogens with one attached hydrogen (secondary N) is 2. The lowest BCUT2D eigenvalue weighted by Gasteiger charge is -2.08. The van der Waals surface area contributed by atoms with Crippen molar-refractivity contribution in [1.29, 1.82) is 0 Å². The van der Waals surface area contributed by atoms with Crippen molar-refractivity contribution in [3.05, 3.63) is 81.7 Å². The van der Waals surface area contributed by atoms with Crippen molar-refractivity contribution in [3.8, 4) is 0 Å². The van der Waals surface area contributed by atoms with E-state index in [-0.39, 0.29) is 17.7 Å². The third-order valence-electron chi connectivity index (χ3n) is 3.57. The number of hydrazine groups is 1. The first kappa shape index (κ1) is 16.4. The quantitative estimate of drug-likeness (QED) is 0.484. The Hall–Kier alpha value is -3.45. The van der Waals surface area contributed by atoms with Crippen LogP contribution in [0.1, 0.15) is 26.3 Å². The standard InChI is InChI=1S/C18H14N2O5/c21-16(12-5-3-6-13(9-12)17(22)23)20-19-10-14-8-11-4-1-2-7-15(11)25-18(14)24/h1-9,19H,10H2,(H,20,21)(H,22,23). The smallest absolute Gasteiger partial charge is 0.340 e. The number of amides is 1. The molecule has 0 saturated heterocycles. The van der Waals surface area contributed by atoms with Crippen LogP contribution in [0.15, 0.2) is 63.8 Å². The first-order chi connectivity index (χ1) is 12.0. The molecule has 25 heavy (non-hydrogen) atoms. The fraction of sp³-hybridized carbons (Fsp3) is 0.0556. The van der Waals surface area contributed by atoms with Crippen LogP contribution in [0.5, 0.6) is 0 Å². The predicted octanol–water partition coefficient (Wildman–Crippen LogP) is 1.93. The predicted molar refractivity (Wildman–Crippen MR) is 90.2 cm³/mol. The normalized spacial score (nSPS) is 10.6. The maximum Gasteiger partial charge on any atom is 0.340 e. The maximum atomic E-state index is 12.0. The van der Waals surface area contributed by atoms with Crippen LogP contribution in [0.2, 0.25) is 0 Å². The highest BCUT2D eigenvalue weighted by atomic mass is 16.4. The molecule has 126 valence electrons. The molecule has 3 N–H and O–H groups in total. The van der Waals surface area contributed by atoms with Gasteiger partial charge in [-0.25, -0.2) is 15.0 Å². The van der Waals surface area contributed by atoms with Crippen LogP contribution in [-0.2, 0) is 6.54 Å². The van der Waals surface area contributed by atoms with Gasteiger partial charge in [0.15, 0.2) is 0 Å². The average Bonchev–Trinajstić information content (AvgIpc) is 2.62. The van der Waals surface area contributed by atoms with Gasteiger partial charge < -0.3 is 9.52 Å². The number of carbonyl (C=O) groups excluding carboxylic acids is 1. The van der Waals surface area contributed by atoms with Crippen molar-refractivity contribution in [2.24, 2.45) is 0 Å². The Bertz CT molecular complexity index is 1010. The zero-order valence-corrected chi connectivity index (χ0v) is 13.0. The first-order valence-corrected chi connectivity index (χ1v) is 7.43. The monoisotopic (exact) mass is 338 g/mol. The SMILES string of the molecule is O=C(O)c1cccc(C(=O)NNCc2cc3ccccc3oc2=O)c1. The number of hydrogen-bond acceptors (Lipinski definition) is 5. The van der Waals surface area contributed by atoms with Crippen molar-refractivity contribution in [2.75, 3.05) is 0 Å². The molecule has 7 nitrogen and oxygen atoms in total. The topological polar surface area (TPSA) is 109 Å². The molecule has 0 saturated carbocycles. The lowest BCUT2D eigenvalue weighted by molar-refractivity contribution is 0.0697. The van der Waals surface area contributed by atoms with Crippen molar-refractivity contribution in [2.45, 2.75) is 6.54 Å². The van der Waals surface area contributed by atoms with Crippen LogP contribution >= 0.6 is 0 Å². The fourth-order valence-corrected chi connectivity index (χ4v) is 2.31. The average molecular weight is 338 g/mol. The van der Waals surface area contributed by atoms with E-state index in [0.29, 0.717) is 11.1 Å². The zero-order valence-electron chi connectivity index (χ0n) is 13.0. The Balaban J connectivity index is 1.67. The number of rotatable bonds is 5. The summed E-state index contributed by atoms with van der Waals surface area (Å²) in [6, 6.07) is 14.4. The second-order valence-corrected chi connectivity index (χ2v) is 5.29. The number of para-hydroxylation sites is 1. The Labute approximate surface area is 141 Å². The summed E-state index contributed by atoms with van der Waals surface area (Å²) in [5, 5.41) is 9.72. The lowest BCUT2D eigenvalue weighted by atomic mass is 10.1. The molecule has 0 bridgehead atoms. The molecule has 0 radical (unpaired) electrons. The third kappa shape index (κ3) is 3.73. The number of carboxylic acid groups (broad SMARTS) is 1. The summed E-state index contributed by atoms with van der Waals surface area (Å²) < 4.78 is 5.20. The third-order valence-corrected chi connectivity index (χ3v) is 3.57. The minimum Gasteiger partial charge on any atom is -0.478 e. The molecule has 2 aromatic carbocycles. The number of hydrogen-bond donors (Lipinski definition) is 3. The van der Waals surface area contributed by atoms with Crippen LogP contribution in [0.4, 0.5) is 0 Å². The summed E-state index contributed by atoms with van der Waals surface area (Å²) >= 11 is 0. The highest BCUT2D eigenvalue weighted by Gasteiger charge is 2.10. The molecule has 1 aromatic heterocycles. The largest absolute Gasteiger partial charge is 0.478 e. The van der Waals surface area contributed by atoms with Crippen LogP contribution in [0.25, 0.3) is 11.0 Å². The van der Waals surface area contributed by atoms with Crippen LogP contribution in [0.3, 0.4) is 0 Å². The Morgan fingerprint density at radius 3 is 2.56 bits per heavy atom. The van der Waals surface area contributed by atoms with Gasteiger partial charge in [-0.2, -0.15) is 0 Å². The first-order valence-electron chi connectivity index (χ1n) is 7.43. The maximum absolute atomic E-state index is 12.0. The van der Waals surface area contributed by atoms with E-state index < -0.39 is 17.5 Å². The number of carbonyl (C=O) groups is 2. The molecule has 1 heterocycles. The van der Waals surface area contributed by atoms with Gasteiger partial charge in [-0.05, 0) is 30.3 Å². The minimum absolute atomic E-state index is 0.0165. The van der Waals surface area contributed by atoms with Gasteiger partial charge in [-0.15, -0.1) is 0 Å². The van der Waals surface area contributed by atoms with E-state index in [4.69, 9.17) is 9.52 Å². The van der Waals surface area contributed by atoms with Crippen molar-refractivity contribution in [3.63, 3.8) is 0 Å². The van der Waals surface area contributed by atoms with Crippen molar-refractivity contribution in [1.82, 2.24) is 10.9 Å². The van der Waals surface area contributed by atoms with E-state index in [2.05, 4.69) is 10.9 Å². The van der Waals surface area contributed by atoms with E-state index in [1.807, 2.05) is 12.1 Å². The van der Waals surface area contributed by atoms with Crippen LogP contribution in [-0.4, -0.2) is 17.0 Å². The molecule has 0 aliphatic heterocycles. The van der Waals surface area contributed by atoms with Gasteiger partial charge in [-0.3, -0.25) is 10.2 Å². The lowest BCUT2D eigenvalue weighted by Crippen LogP contribution is -2.37. The van der Waals surface area contributed by atoms with Gasteiger partial charge in [0.25, 0.3) is 5.91 Å². The highest BCUT2D eigenvalue weighted by molar-refractivity contribution is 5.97. The molecule has 0 fully saturated rings. The van der Waals surface area contributed by atoms with E-state index >= 15 is 0 Å². The van der Waals surface area contributed by atoms with E-state index in [0.717, 1.165) is 5.39 Å². The van der Waals surface area contributed by atoms with Gasteiger partial charge in [-0.1, -0.05) is 24.3 Å². The van der Waals surface area contributed by atoms with Gasteiger partial charge >= 0.3 is 11.6 Å². The molecule has 0 aliphatic rings. The Kier molecular flexibility index (Phi) is 4.58. The summed E-state index contributed by atoms with van der Waals surface area (Å²) in [6.07, 6.45) is 0. The van der Waals surface area contributed by atoms with Crippen molar-refractivity contribution < 1.29 is 19.1 Å². The number of carboxylic acids is 1. The summed E-state index contributed by atoms with van der Waals surface area (Å²) in [5.41, 5.74) is 5.64. The highest BCUT2D eigenvalue weighted by Crippen LogP contribution is 2.12. The molecule has 7 heteroatoms. The minimum atomic E-state index is -1.11. The Morgan fingerprint density at radius 1 is 1.00 bits per heavy atom. The molecule has 3 aromatic rings. The van der Waals surface area contributed by atoms with Gasteiger partial charge in [0.05, 0.1) is 11.1 Å². The Morgan fingerprint density at radius 2 is 1.76 bits per heavy atom. The molecular weight excluding hydrogens is 324 g/mol. The molecule has 1 amide bonds. The van der Waals surface area contributed by atoms with Gasteiger partial charge in [0, 0.05) is 17.5 Å². The second kappa shape index (κ2) is 6.98. The van der Waals surface area contributed by atoms with Crippen LogP contribution < -0.4 is 16.5 Å². The summed E-state index contributed by atoms with van der Waals surface area (Å²) in [5.74, 6) is -1.62. The van der Waals surface area contributed by atoms with Crippen molar-refractivity contribution >= 4 is 22.8 Å². The molecular formula is C18H14N2O5. The summed E-state index contributed by atoms with van der Waals surface area (Å²) in [6.45, 7) is 0.0670. The molecule has 0 atom stereocenters. The van der Waals surface area contributed by atoms with Gasteiger partial charge in [0.2, 0.25) is 0 Å². The fourth-order valence-electron chi connectivity index (χ4n) is 2.31. The molecule has 0 aliphatic carbocycles. The number of aromatic carboxylic acids is 1. The van der Waals surface area contributed by atoms with E-state index in [9.17, 15) is 14.4 Å². The van der Waals surface area contributed by atoms with E-state index in [1.54, 1.807) is 18.2 Å². The zero-order chi connectivity index (χ0) is 17.8. The number of fused-ring (bicyclic) bond motifs is 1. The molecule has 0 unspecified atom stereocenters. The van der Waals surface area contributed by atoms with Gasteiger partial charge in [0.1, 0.15) is 5.58 Å².